The summed E-state index contributed by atoms with van der Waals surface area (Å²) in [6.07, 6.45) is 0.736. The van der Waals surface area contributed by atoms with Crippen molar-refractivity contribution in [2.45, 2.75) is 33.2 Å². The molecule has 5 nitrogen and oxygen atoms in total. The normalized spacial score (nSPS) is 24.2. The Bertz CT molecular complexity index is 304. The van der Waals surface area contributed by atoms with E-state index in [1.165, 1.54) is 0 Å². The molecule has 98 valence electrons. The van der Waals surface area contributed by atoms with E-state index >= 15 is 0 Å². The molecule has 0 radical (unpaired) electrons. The van der Waals surface area contributed by atoms with Gasteiger partial charge in [0.1, 0.15) is 0 Å². The van der Waals surface area contributed by atoms with E-state index in [1.54, 1.807) is 11.9 Å². The second-order valence-electron chi connectivity index (χ2n) is 5.24. The predicted molar refractivity (Wildman–Crippen MR) is 66.5 cm³/mol. The van der Waals surface area contributed by atoms with Crippen LogP contribution in [0.15, 0.2) is 0 Å². The minimum absolute atomic E-state index is 0.0182. The Balaban J connectivity index is 2.49. The maximum absolute atomic E-state index is 11.9. The second-order valence-corrected chi connectivity index (χ2v) is 5.24. The molecule has 2 N–H and O–H groups in total. The molecule has 0 saturated carbocycles. The smallest absolute Gasteiger partial charge is 0.236 e. The van der Waals surface area contributed by atoms with Crippen molar-refractivity contribution in [2.24, 2.45) is 5.41 Å². The molecular formula is C12H23N3O2. The van der Waals surface area contributed by atoms with Crippen LogP contribution in [0.2, 0.25) is 0 Å². The van der Waals surface area contributed by atoms with Crippen molar-refractivity contribution in [2.75, 3.05) is 26.7 Å². The van der Waals surface area contributed by atoms with Gasteiger partial charge in [-0.1, -0.05) is 13.8 Å². The van der Waals surface area contributed by atoms with E-state index in [0.29, 0.717) is 25.7 Å². The van der Waals surface area contributed by atoms with Gasteiger partial charge < -0.3 is 15.5 Å². The van der Waals surface area contributed by atoms with Crippen molar-refractivity contribution in [3.8, 4) is 0 Å². The number of rotatable bonds is 4. The van der Waals surface area contributed by atoms with Crippen LogP contribution in [0.1, 0.15) is 27.2 Å². The Hall–Kier alpha value is -1.10. The summed E-state index contributed by atoms with van der Waals surface area (Å²) < 4.78 is 0. The standard InChI is InChI=1S/C12H23N3O2/c1-9(2)14-7-10(16)15-6-5-12(3,8-15)11(17)13-4/h9,14H,5-8H2,1-4H3,(H,13,17). The van der Waals surface area contributed by atoms with E-state index in [2.05, 4.69) is 10.6 Å². The number of nitrogens with one attached hydrogen (secondary N) is 2. The van der Waals surface area contributed by atoms with E-state index in [0.717, 1.165) is 6.42 Å². The summed E-state index contributed by atoms with van der Waals surface area (Å²) in [5.41, 5.74) is -0.428. The average molecular weight is 241 g/mol. The zero-order chi connectivity index (χ0) is 13.1. The third-order valence-corrected chi connectivity index (χ3v) is 3.26. The van der Waals surface area contributed by atoms with Crippen LogP contribution in [0, 0.1) is 5.41 Å². The molecule has 0 spiro atoms. The maximum atomic E-state index is 11.9. The second kappa shape index (κ2) is 5.49. The molecule has 1 saturated heterocycles. The van der Waals surface area contributed by atoms with Gasteiger partial charge in [0.15, 0.2) is 0 Å². The summed E-state index contributed by atoms with van der Waals surface area (Å²) in [7, 11) is 1.64. The molecule has 0 aromatic rings. The van der Waals surface area contributed by atoms with E-state index in [-0.39, 0.29) is 11.8 Å². The van der Waals surface area contributed by atoms with Crippen molar-refractivity contribution in [1.29, 1.82) is 0 Å². The molecule has 1 unspecified atom stereocenters. The minimum Gasteiger partial charge on any atom is -0.359 e. The number of amides is 2. The third-order valence-electron chi connectivity index (χ3n) is 3.26. The number of nitrogens with zero attached hydrogens (tertiary/aromatic N) is 1. The van der Waals surface area contributed by atoms with Crippen LogP contribution in [0.3, 0.4) is 0 Å². The van der Waals surface area contributed by atoms with Crippen LogP contribution in [0.5, 0.6) is 0 Å². The molecule has 0 aliphatic carbocycles. The monoisotopic (exact) mass is 241 g/mol. The Morgan fingerprint density at radius 3 is 2.59 bits per heavy atom. The topological polar surface area (TPSA) is 61.4 Å². The van der Waals surface area contributed by atoms with E-state index in [9.17, 15) is 9.59 Å². The van der Waals surface area contributed by atoms with Crippen LogP contribution in [-0.2, 0) is 9.59 Å². The lowest BCUT2D eigenvalue weighted by molar-refractivity contribution is -0.132. The van der Waals surface area contributed by atoms with Gasteiger partial charge in [-0.2, -0.15) is 0 Å². The fourth-order valence-electron chi connectivity index (χ4n) is 2.06. The molecule has 1 aliphatic heterocycles. The van der Waals surface area contributed by atoms with Crippen LogP contribution in [0.25, 0.3) is 0 Å². The summed E-state index contributed by atoms with van der Waals surface area (Å²) in [4.78, 5) is 25.4. The predicted octanol–water partition coefficient (Wildman–Crippen LogP) is -0.0310. The summed E-state index contributed by atoms with van der Waals surface area (Å²) in [5.74, 6) is 0.0935. The fraction of sp³-hybridized carbons (Fsp3) is 0.833. The van der Waals surface area contributed by atoms with Gasteiger partial charge in [-0.3, -0.25) is 9.59 Å². The third kappa shape index (κ3) is 3.43. The van der Waals surface area contributed by atoms with Crippen molar-refractivity contribution < 1.29 is 9.59 Å². The first kappa shape index (κ1) is 14.0. The Morgan fingerprint density at radius 2 is 2.06 bits per heavy atom. The Labute approximate surface area is 103 Å². The summed E-state index contributed by atoms with van der Waals surface area (Å²) >= 11 is 0. The lowest BCUT2D eigenvalue weighted by Gasteiger charge is -2.23. The molecule has 0 aromatic carbocycles. The van der Waals surface area contributed by atoms with Gasteiger partial charge in [-0.15, -0.1) is 0 Å². The summed E-state index contributed by atoms with van der Waals surface area (Å²) in [5, 5.41) is 5.77. The highest BCUT2D eigenvalue weighted by atomic mass is 16.2. The Kier molecular flexibility index (Phi) is 4.51. The average Bonchev–Trinajstić information content (AvgIpc) is 2.69. The van der Waals surface area contributed by atoms with Gasteiger partial charge >= 0.3 is 0 Å². The molecule has 1 fully saturated rings. The maximum Gasteiger partial charge on any atom is 0.236 e. The molecule has 2 amide bonds. The SMILES string of the molecule is CNC(=O)C1(C)CCN(C(=O)CNC(C)C)C1. The highest BCUT2D eigenvalue weighted by Crippen LogP contribution is 2.29. The number of hydrogen-bond acceptors (Lipinski definition) is 3. The zero-order valence-electron chi connectivity index (χ0n) is 11.2. The molecule has 1 heterocycles. The number of carbonyl (C=O) groups excluding carboxylic acids is 2. The zero-order valence-corrected chi connectivity index (χ0v) is 11.2. The lowest BCUT2D eigenvalue weighted by Crippen LogP contribution is -2.43. The molecule has 0 bridgehead atoms. The van der Waals surface area contributed by atoms with Crippen molar-refractivity contribution >= 4 is 11.8 Å². The first-order chi connectivity index (χ1) is 7.89. The quantitative estimate of drug-likeness (QED) is 0.726. The van der Waals surface area contributed by atoms with Gasteiger partial charge in [0.25, 0.3) is 0 Å². The van der Waals surface area contributed by atoms with Gasteiger partial charge in [-0.05, 0) is 13.3 Å². The number of carbonyl (C=O) groups is 2. The molecule has 1 atom stereocenters. The molecule has 0 aromatic heterocycles. The van der Waals surface area contributed by atoms with Gasteiger partial charge in [0.2, 0.25) is 11.8 Å². The molecule has 17 heavy (non-hydrogen) atoms. The first-order valence-corrected chi connectivity index (χ1v) is 6.12. The van der Waals surface area contributed by atoms with Gasteiger partial charge in [-0.25, -0.2) is 0 Å². The van der Waals surface area contributed by atoms with Crippen molar-refractivity contribution in [3.05, 3.63) is 0 Å². The van der Waals surface area contributed by atoms with E-state index in [4.69, 9.17) is 0 Å². The Morgan fingerprint density at radius 1 is 1.41 bits per heavy atom. The van der Waals surface area contributed by atoms with Crippen LogP contribution >= 0.6 is 0 Å². The lowest BCUT2D eigenvalue weighted by atomic mass is 9.89. The van der Waals surface area contributed by atoms with E-state index in [1.807, 2.05) is 20.8 Å². The first-order valence-electron chi connectivity index (χ1n) is 6.12. The van der Waals surface area contributed by atoms with E-state index < -0.39 is 5.41 Å². The van der Waals surface area contributed by atoms with Crippen molar-refractivity contribution in [1.82, 2.24) is 15.5 Å². The molecule has 1 aliphatic rings. The fourth-order valence-corrected chi connectivity index (χ4v) is 2.06. The summed E-state index contributed by atoms with van der Waals surface area (Å²) in [6, 6.07) is 0.298. The molecular weight excluding hydrogens is 218 g/mol. The highest BCUT2D eigenvalue weighted by Gasteiger charge is 2.41. The van der Waals surface area contributed by atoms with Gasteiger partial charge in [0, 0.05) is 26.2 Å². The largest absolute Gasteiger partial charge is 0.359 e. The molecule has 5 heteroatoms. The number of likely N-dealkylation sites (tertiary alicyclic amines) is 1. The van der Waals surface area contributed by atoms with Crippen LogP contribution < -0.4 is 10.6 Å². The van der Waals surface area contributed by atoms with Gasteiger partial charge in [0.05, 0.1) is 12.0 Å². The summed E-state index contributed by atoms with van der Waals surface area (Å²) in [6.45, 7) is 7.46. The van der Waals surface area contributed by atoms with Crippen LogP contribution in [0.4, 0.5) is 0 Å². The molecule has 1 rings (SSSR count). The van der Waals surface area contributed by atoms with Crippen molar-refractivity contribution in [3.63, 3.8) is 0 Å². The van der Waals surface area contributed by atoms with Crippen LogP contribution in [-0.4, -0.2) is 49.4 Å². The highest BCUT2D eigenvalue weighted by molar-refractivity contribution is 5.85. The number of hydrogen-bond donors (Lipinski definition) is 2. The minimum atomic E-state index is -0.428.